The molecule has 1 aromatic heterocycles. The fourth-order valence-corrected chi connectivity index (χ4v) is 3.08. The van der Waals surface area contributed by atoms with Gasteiger partial charge in [0.1, 0.15) is 5.75 Å². The number of methoxy groups -OCH3 is 1. The van der Waals surface area contributed by atoms with Crippen molar-refractivity contribution in [3.63, 3.8) is 0 Å². The second kappa shape index (κ2) is 5.51. The van der Waals surface area contributed by atoms with Crippen LogP contribution in [0, 0.1) is 5.92 Å². The predicted octanol–water partition coefficient (Wildman–Crippen LogP) is 4.23. The summed E-state index contributed by atoms with van der Waals surface area (Å²) in [5.74, 6) is 1.27. The van der Waals surface area contributed by atoms with Gasteiger partial charge in [0.2, 0.25) is 0 Å². The zero-order valence-corrected chi connectivity index (χ0v) is 12.9. The van der Waals surface area contributed by atoms with Crippen LogP contribution < -0.4 is 4.74 Å². The van der Waals surface area contributed by atoms with E-state index in [1.165, 1.54) is 5.39 Å². The number of pyridine rings is 1. The molecule has 0 N–H and O–H groups in total. The number of hydrogen-bond acceptors (Lipinski definition) is 3. The van der Waals surface area contributed by atoms with Crippen molar-refractivity contribution >= 4 is 16.6 Å². The number of nitrogens with zero attached hydrogens (tertiary/aromatic N) is 1. The second-order valence-electron chi connectivity index (χ2n) is 6.00. The SMILES string of the molecule is COc1ccc(C(=O)[C@H]2C[C@@H]2c2cc3ccccc3cn2)cc1. The molecule has 1 heterocycles. The van der Waals surface area contributed by atoms with E-state index >= 15 is 0 Å². The van der Waals surface area contributed by atoms with Crippen LogP contribution in [0.5, 0.6) is 5.75 Å². The summed E-state index contributed by atoms with van der Waals surface area (Å²) in [7, 11) is 1.62. The van der Waals surface area contributed by atoms with Crippen LogP contribution in [0.2, 0.25) is 0 Å². The van der Waals surface area contributed by atoms with E-state index in [0.717, 1.165) is 28.8 Å². The highest BCUT2D eigenvalue weighted by Gasteiger charge is 2.45. The summed E-state index contributed by atoms with van der Waals surface area (Å²) in [6.07, 6.45) is 2.79. The monoisotopic (exact) mass is 303 g/mol. The van der Waals surface area contributed by atoms with Crippen LogP contribution in [0.3, 0.4) is 0 Å². The number of carbonyl (C=O) groups is 1. The summed E-state index contributed by atoms with van der Waals surface area (Å²) in [5.41, 5.74) is 1.77. The van der Waals surface area contributed by atoms with Crippen LogP contribution >= 0.6 is 0 Å². The number of ether oxygens (including phenoxy) is 1. The van der Waals surface area contributed by atoms with Crippen LogP contribution in [0.4, 0.5) is 0 Å². The fourth-order valence-electron chi connectivity index (χ4n) is 3.08. The molecule has 1 fully saturated rings. The van der Waals surface area contributed by atoms with E-state index in [1.54, 1.807) is 7.11 Å². The van der Waals surface area contributed by atoms with E-state index in [0.29, 0.717) is 0 Å². The molecule has 0 amide bonds. The number of fused-ring (bicyclic) bond motifs is 1. The van der Waals surface area contributed by atoms with Gasteiger partial charge in [-0.2, -0.15) is 0 Å². The molecule has 4 rings (SSSR count). The lowest BCUT2D eigenvalue weighted by Gasteiger charge is -2.04. The minimum atomic E-state index is 0.0528. The molecule has 0 saturated heterocycles. The Labute approximate surface area is 134 Å². The zero-order valence-electron chi connectivity index (χ0n) is 12.9. The van der Waals surface area contributed by atoms with Gasteiger partial charge in [-0.25, -0.2) is 0 Å². The van der Waals surface area contributed by atoms with Crippen molar-refractivity contribution in [2.45, 2.75) is 12.3 Å². The largest absolute Gasteiger partial charge is 0.497 e. The third-order valence-electron chi connectivity index (χ3n) is 4.53. The second-order valence-corrected chi connectivity index (χ2v) is 6.00. The van der Waals surface area contributed by atoms with Crippen LogP contribution in [0.15, 0.2) is 60.8 Å². The van der Waals surface area contributed by atoms with Crippen LogP contribution in [0.25, 0.3) is 10.8 Å². The average Bonchev–Trinajstić information content (AvgIpc) is 3.41. The van der Waals surface area contributed by atoms with E-state index in [2.05, 4.69) is 23.2 Å². The maximum Gasteiger partial charge on any atom is 0.166 e. The molecule has 23 heavy (non-hydrogen) atoms. The number of hydrogen-bond donors (Lipinski definition) is 0. The molecule has 114 valence electrons. The first-order valence-electron chi connectivity index (χ1n) is 7.79. The number of rotatable bonds is 4. The van der Waals surface area contributed by atoms with Crippen LogP contribution in [-0.4, -0.2) is 17.9 Å². The molecule has 0 radical (unpaired) electrons. The predicted molar refractivity (Wildman–Crippen MR) is 89.9 cm³/mol. The van der Waals surface area contributed by atoms with E-state index in [-0.39, 0.29) is 17.6 Å². The van der Waals surface area contributed by atoms with Crippen molar-refractivity contribution in [3.8, 4) is 5.75 Å². The quantitative estimate of drug-likeness (QED) is 0.677. The Hall–Kier alpha value is -2.68. The molecular weight excluding hydrogens is 286 g/mol. The summed E-state index contributed by atoms with van der Waals surface area (Å²) in [5, 5.41) is 2.31. The van der Waals surface area contributed by atoms with Gasteiger partial charge >= 0.3 is 0 Å². The molecule has 0 bridgehead atoms. The molecule has 3 heteroatoms. The van der Waals surface area contributed by atoms with Crippen LogP contribution in [0.1, 0.15) is 28.4 Å². The molecule has 0 unspecified atom stereocenters. The lowest BCUT2D eigenvalue weighted by Crippen LogP contribution is -2.03. The Kier molecular flexibility index (Phi) is 3.34. The number of ketones is 1. The average molecular weight is 303 g/mol. The Morgan fingerprint density at radius 3 is 2.57 bits per heavy atom. The Balaban J connectivity index is 1.54. The summed E-state index contributed by atoms with van der Waals surface area (Å²) in [6, 6.07) is 17.6. The third-order valence-corrected chi connectivity index (χ3v) is 4.53. The van der Waals surface area contributed by atoms with Gasteiger partial charge in [-0.3, -0.25) is 9.78 Å². The first kappa shape index (κ1) is 13.9. The topological polar surface area (TPSA) is 39.2 Å². The highest BCUT2D eigenvalue weighted by atomic mass is 16.5. The van der Waals surface area contributed by atoms with Gasteiger partial charge < -0.3 is 4.74 Å². The zero-order chi connectivity index (χ0) is 15.8. The maximum absolute atomic E-state index is 12.6. The summed E-state index contributed by atoms with van der Waals surface area (Å²) in [4.78, 5) is 17.1. The standard InChI is InChI=1S/C20H17NO2/c1-23-16-8-6-13(7-9-16)20(22)18-11-17(18)19-10-14-4-2-3-5-15(14)12-21-19/h2-10,12,17-18H,11H2,1H3/t17-,18-/m0/s1. The summed E-state index contributed by atoms with van der Waals surface area (Å²) >= 11 is 0. The molecular formula is C20H17NO2. The molecule has 3 aromatic rings. The van der Waals surface area contributed by atoms with Gasteiger partial charge in [-0.15, -0.1) is 0 Å². The lowest BCUT2D eigenvalue weighted by atomic mass is 10.0. The number of aromatic nitrogens is 1. The molecule has 2 atom stereocenters. The lowest BCUT2D eigenvalue weighted by molar-refractivity contribution is 0.0965. The van der Waals surface area contributed by atoms with Crippen molar-refractivity contribution in [3.05, 3.63) is 72.1 Å². The number of Topliss-reactive ketones (excluding diaryl/α,β-unsaturated/α-hetero) is 1. The van der Waals surface area contributed by atoms with E-state index in [9.17, 15) is 4.79 Å². The molecule has 2 aromatic carbocycles. The Morgan fingerprint density at radius 2 is 1.83 bits per heavy atom. The number of benzene rings is 2. The summed E-state index contributed by atoms with van der Waals surface area (Å²) in [6.45, 7) is 0. The van der Waals surface area contributed by atoms with Gasteiger partial charge in [0.05, 0.1) is 7.11 Å². The molecule has 1 saturated carbocycles. The molecule has 0 aliphatic heterocycles. The third kappa shape index (κ3) is 2.59. The minimum absolute atomic E-state index is 0.0528. The highest BCUT2D eigenvalue weighted by molar-refractivity contribution is 6.00. The van der Waals surface area contributed by atoms with E-state index < -0.39 is 0 Å². The van der Waals surface area contributed by atoms with Gasteiger partial charge in [0.25, 0.3) is 0 Å². The molecule has 1 aliphatic carbocycles. The van der Waals surface area contributed by atoms with Crippen molar-refractivity contribution in [1.82, 2.24) is 4.98 Å². The molecule has 0 spiro atoms. The summed E-state index contributed by atoms with van der Waals surface area (Å²) < 4.78 is 5.14. The van der Waals surface area contributed by atoms with Crippen LogP contribution in [-0.2, 0) is 0 Å². The highest BCUT2D eigenvalue weighted by Crippen LogP contribution is 2.48. The van der Waals surface area contributed by atoms with Gasteiger partial charge in [0.15, 0.2) is 5.78 Å². The first-order chi connectivity index (χ1) is 11.3. The first-order valence-corrected chi connectivity index (χ1v) is 7.79. The molecule has 1 aliphatic rings. The minimum Gasteiger partial charge on any atom is -0.497 e. The van der Waals surface area contributed by atoms with E-state index in [1.807, 2.05) is 42.6 Å². The Morgan fingerprint density at radius 1 is 1.09 bits per heavy atom. The maximum atomic E-state index is 12.6. The van der Waals surface area contributed by atoms with Crippen molar-refractivity contribution in [1.29, 1.82) is 0 Å². The Bertz CT molecular complexity index is 870. The number of carbonyl (C=O) groups excluding carboxylic acids is 1. The van der Waals surface area contributed by atoms with Crippen molar-refractivity contribution < 1.29 is 9.53 Å². The smallest absolute Gasteiger partial charge is 0.166 e. The molecule has 3 nitrogen and oxygen atoms in total. The van der Waals surface area contributed by atoms with Crippen molar-refractivity contribution in [2.24, 2.45) is 5.92 Å². The van der Waals surface area contributed by atoms with E-state index in [4.69, 9.17) is 4.74 Å². The van der Waals surface area contributed by atoms with Crippen molar-refractivity contribution in [2.75, 3.05) is 7.11 Å². The van der Waals surface area contributed by atoms with Gasteiger partial charge in [0, 0.05) is 34.7 Å². The van der Waals surface area contributed by atoms with Gasteiger partial charge in [-0.05, 0) is 42.1 Å². The van der Waals surface area contributed by atoms with Gasteiger partial charge in [-0.1, -0.05) is 24.3 Å². The normalized spacial score (nSPS) is 19.5. The fraction of sp³-hybridized carbons (Fsp3) is 0.200.